The van der Waals surface area contributed by atoms with E-state index in [9.17, 15) is 4.79 Å². The average molecular weight is 223 g/mol. The molecule has 16 heavy (non-hydrogen) atoms. The Bertz CT molecular complexity index is 330. The Morgan fingerprint density at radius 3 is 2.62 bits per heavy atom. The monoisotopic (exact) mass is 223 g/mol. The zero-order valence-corrected chi connectivity index (χ0v) is 10.4. The van der Waals surface area contributed by atoms with E-state index in [2.05, 4.69) is 35.9 Å². The van der Waals surface area contributed by atoms with Crippen molar-refractivity contribution in [3.8, 4) is 0 Å². The van der Waals surface area contributed by atoms with Gasteiger partial charge in [-0.2, -0.15) is 0 Å². The summed E-state index contributed by atoms with van der Waals surface area (Å²) in [6, 6.07) is 0.440. The third-order valence-corrected chi connectivity index (χ3v) is 4.29. The zero-order chi connectivity index (χ0) is 11.6. The van der Waals surface area contributed by atoms with Crippen LogP contribution >= 0.6 is 0 Å². The normalized spacial score (nSPS) is 39.3. The molecule has 0 aromatic rings. The number of carbonyl (C=O) groups excluding carboxylic acids is 1. The number of nitrogens with one attached hydrogen (secondary N) is 1. The molecule has 4 heteroatoms. The molecule has 0 radical (unpaired) electrons. The van der Waals surface area contributed by atoms with Gasteiger partial charge >= 0.3 is 0 Å². The molecule has 1 spiro atoms. The molecule has 90 valence electrons. The van der Waals surface area contributed by atoms with Crippen molar-refractivity contribution in [3.63, 3.8) is 0 Å². The Morgan fingerprint density at radius 2 is 2.06 bits per heavy atom. The lowest BCUT2D eigenvalue weighted by Crippen LogP contribution is -2.57. The summed E-state index contributed by atoms with van der Waals surface area (Å²) in [6.45, 7) is 10.6. The molecule has 0 aromatic carbocycles. The maximum absolute atomic E-state index is 12.1. The van der Waals surface area contributed by atoms with Crippen LogP contribution in [0.3, 0.4) is 0 Å². The van der Waals surface area contributed by atoms with Crippen molar-refractivity contribution < 1.29 is 4.79 Å². The fourth-order valence-corrected chi connectivity index (χ4v) is 3.07. The number of carbonyl (C=O) groups is 1. The van der Waals surface area contributed by atoms with Crippen molar-refractivity contribution in [1.29, 1.82) is 0 Å². The molecular weight excluding hydrogens is 202 g/mol. The van der Waals surface area contributed by atoms with Crippen LogP contribution < -0.4 is 5.32 Å². The predicted molar refractivity (Wildman–Crippen MR) is 62.2 cm³/mol. The van der Waals surface area contributed by atoms with Gasteiger partial charge in [0, 0.05) is 37.8 Å². The molecule has 0 bridgehead atoms. The highest BCUT2D eigenvalue weighted by Crippen LogP contribution is 2.37. The maximum atomic E-state index is 12.1. The Kier molecular flexibility index (Phi) is 1.97. The highest BCUT2D eigenvalue weighted by molar-refractivity contribution is 5.92. The molecule has 2 atom stereocenters. The summed E-state index contributed by atoms with van der Waals surface area (Å²) in [5.41, 5.74) is 0.0838. The smallest absolute Gasteiger partial charge is 0.244 e. The summed E-state index contributed by atoms with van der Waals surface area (Å²) in [5.74, 6) is 0.353. The van der Waals surface area contributed by atoms with Crippen LogP contribution in [0.2, 0.25) is 0 Å². The lowest BCUT2D eigenvalue weighted by molar-refractivity contribution is -0.133. The van der Waals surface area contributed by atoms with Crippen LogP contribution in [0.15, 0.2) is 0 Å². The Labute approximate surface area is 97.0 Å². The molecule has 0 aromatic heterocycles. The predicted octanol–water partition coefficient (Wildman–Crippen LogP) is 0.0434. The molecule has 1 N–H and O–H groups in total. The number of amides is 1. The second kappa shape index (κ2) is 2.99. The van der Waals surface area contributed by atoms with E-state index in [4.69, 9.17) is 0 Å². The van der Waals surface area contributed by atoms with Gasteiger partial charge in [0.15, 0.2) is 0 Å². The van der Waals surface area contributed by atoms with E-state index in [1.807, 2.05) is 0 Å². The van der Waals surface area contributed by atoms with Gasteiger partial charge in [-0.05, 0) is 27.2 Å². The van der Waals surface area contributed by atoms with Crippen LogP contribution in [-0.2, 0) is 4.79 Å². The largest absolute Gasteiger partial charge is 0.335 e. The molecule has 0 saturated carbocycles. The van der Waals surface area contributed by atoms with Crippen LogP contribution in [0.25, 0.3) is 0 Å². The van der Waals surface area contributed by atoms with Gasteiger partial charge in [0.25, 0.3) is 0 Å². The molecular formula is C12H21N3O. The molecule has 3 saturated heterocycles. The Hall–Kier alpha value is -0.610. The fraction of sp³-hybridized carbons (Fsp3) is 0.917. The second-order valence-corrected chi connectivity index (χ2v) is 6.41. The first kappa shape index (κ1) is 10.5. The van der Waals surface area contributed by atoms with E-state index in [0.717, 1.165) is 32.6 Å². The summed E-state index contributed by atoms with van der Waals surface area (Å²) >= 11 is 0. The molecule has 3 rings (SSSR count). The van der Waals surface area contributed by atoms with Gasteiger partial charge in [0.1, 0.15) is 5.54 Å². The molecule has 3 aliphatic rings. The van der Waals surface area contributed by atoms with Gasteiger partial charge < -0.3 is 4.90 Å². The fourth-order valence-electron chi connectivity index (χ4n) is 3.07. The molecule has 0 aliphatic carbocycles. The van der Waals surface area contributed by atoms with Crippen LogP contribution in [0.4, 0.5) is 0 Å². The van der Waals surface area contributed by atoms with Crippen LogP contribution in [0.1, 0.15) is 27.2 Å². The van der Waals surface area contributed by atoms with Crippen molar-refractivity contribution in [3.05, 3.63) is 0 Å². The summed E-state index contributed by atoms with van der Waals surface area (Å²) in [4.78, 5) is 16.7. The highest BCUT2D eigenvalue weighted by Gasteiger charge is 2.60. The van der Waals surface area contributed by atoms with E-state index in [1.54, 1.807) is 0 Å². The topological polar surface area (TPSA) is 45.5 Å². The van der Waals surface area contributed by atoms with Crippen molar-refractivity contribution in [2.45, 2.75) is 44.3 Å². The first-order valence-corrected chi connectivity index (χ1v) is 6.24. The van der Waals surface area contributed by atoms with Gasteiger partial charge in [-0.15, -0.1) is 0 Å². The summed E-state index contributed by atoms with van der Waals surface area (Å²) < 4.78 is 0. The molecule has 2 unspecified atom stereocenters. The lowest BCUT2D eigenvalue weighted by Gasteiger charge is -2.44. The van der Waals surface area contributed by atoms with Gasteiger partial charge in [-0.3, -0.25) is 15.0 Å². The Morgan fingerprint density at radius 1 is 1.38 bits per heavy atom. The summed E-state index contributed by atoms with van der Waals surface area (Å²) in [5, 5.41) is 3.26. The minimum absolute atomic E-state index is 0.140. The van der Waals surface area contributed by atoms with Crippen molar-refractivity contribution in [2.24, 2.45) is 0 Å². The molecule has 1 amide bonds. The van der Waals surface area contributed by atoms with Crippen LogP contribution in [0.5, 0.6) is 0 Å². The first-order valence-electron chi connectivity index (χ1n) is 6.24. The molecule has 4 nitrogen and oxygen atoms in total. The SMILES string of the molecule is CC(C)(C)N1CCN2C(=O)C3(CN3)CC2C1. The minimum Gasteiger partial charge on any atom is -0.335 e. The van der Waals surface area contributed by atoms with E-state index >= 15 is 0 Å². The van der Waals surface area contributed by atoms with Crippen LogP contribution in [-0.4, -0.2) is 59.0 Å². The number of hydrogen-bond donors (Lipinski definition) is 1. The lowest BCUT2D eigenvalue weighted by atomic mass is 10.0. The summed E-state index contributed by atoms with van der Waals surface area (Å²) in [6.07, 6.45) is 1.01. The average Bonchev–Trinajstić information content (AvgIpc) is 2.90. The number of nitrogens with zero attached hydrogens (tertiary/aromatic N) is 2. The number of hydrogen-bond acceptors (Lipinski definition) is 3. The highest BCUT2D eigenvalue weighted by atomic mass is 16.2. The maximum Gasteiger partial charge on any atom is 0.244 e. The third-order valence-electron chi connectivity index (χ3n) is 4.29. The zero-order valence-electron chi connectivity index (χ0n) is 10.4. The summed E-state index contributed by atoms with van der Waals surface area (Å²) in [7, 11) is 0. The van der Waals surface area contributed by atoms with Gasteiger partial charge in [0.05, 0.1) is 0 Å². The van der Waals surface area contributed by atoms with Crippen LogP contribution in [0, 0.1) is 0 Å². The third kappa shape index (κ3) is 1.39. The van der Waals surface area contributed by atoms with Gasteiger partial charge in [-0.1, -0.05) is 0 Å². The number of piperazine rings is 1. The quantitative estimate of drug-likeness (QED) is 0.590. The van der Waals surface area contributed by atoms with Crippen molar-refractivity contribution in [1.82, 2.24) is 15.1 Å². The van der Waals surface area contributed by atoms with Gasteiger partial charge in [-0.25, -0.2) is 0 Å². The van der Waals surface area contributed by atoms with Crippen molar-refractivity contribution >= 4 is 5.91 Å². The minimum atomic E-state index is -0.140. The molecule has 3 heterocycles. The number of rotatable bonds is 0. The molecule has 3 aliphatic heterocycles. The van der Waals surface area contributed by atoms with Crippen molar-refractivity contribution in [2.75, 3.05) is 26.2 Å². The van der Waals surface area contributed by atoms with E-state index in [0.29, 0.717) is 11.9 Å². The van der Waals surface area contributed by atoms with E-state index in [-0.39, 0.29) is 11.1 Å². The first-order chi connectivity index (χ1) is 7.42. The second-order valence-electron chi connectivity index (χ2n) is 6.41. The standard InChI is InChI=1S/C12H21N3O/c1-11(2,3)14-4-5-15-9(7-14)6-12(8-13-12)10(15)16/h9,13H,4-8H2,1-3H3. The Balaban J connectivity index is 1.75. The van der Waals surface area contributed by atoms with E-state index in [1.165, 1.54) is 0 Å². The van der Waals surface area contributed by atoms with Gasteiger partial charge in [0.2, 0.25) is 5.91 Å². The van der Waals surface area contributed by atoms with E-state index < -0.39 is 0 Å². The molecule has 3 fully saturated rings. The number of fused-ring (bicyclic) bond motifs is 1.